The lowest BCUT2D eigenvalue weighted by molar-refractivity contribution is 0.354. The maximum absolute atomic E-state index is 5.49. The number of rotatable bonds is 8. The van der Waals surface area contributed by atoms with Crippen molar-refractivity contribution in [1.82, 2.24) is 0 Å². The SMILES string of the molecule is COc1cc(C)c(CCCCCCN)cc1OC. The minimum absolute atomic E-state index is 0.801. The van der Waals surface area contributed by atoms with Gasteiger partial charge in [0.15, 0.2) is 11.5 Å². The molecule has 1 aromatic rings. The lowest BCUT2D eigenvalue weighted by Gasteiger charge is -2.12. The maximum Gasteiger partial charge on any atom is 0.161 e. The van der Waals surface area contributed by atoms with Crippen molar-refractivity contribution in [3.63, 3.8) is 0 Å². The monoisotopic (exact) mass is 251 g/mol. The molecule has 3 heteroatoms. The van der Waals surface area contributed by atoms with Crippen LogP contribution in [0.15, 0.2) is 12.1 Å². The van der Waals surface area contributed by atoms with Gasteiger partial charge in [-0.3, -0.25) is 0 Å². The first kappa shape index (κ1) is 14.8. The van der Waals surface area contributed by atoms with E-state index in [1.165, 1.54) is 30.4 Å². The zero-order chi connectivity index (χ0) is 13.4. The molecule has 0 atom stereocenters. The van der Waals surface area contributed by atoms with Crippen molar-refractivity contribution >= 4 is 0 Å². The summed E-state index contributed by atoms with van der Waals surface area (Å²) in [6, 6.07) is 4.14. The summed E-state index contributed by atoms with van der Waals surface area (Å²) >= 11 is 0. The fraction of sp³-hybridized carbons (Fsp3) is 0.600. The van der Waals surface area contributed by atoms with Crippen molar-refractivity contribution in [3.8, 4) is 11.5 Å². The van der Waals surface area contributed by atoms with Gasteiger partial charge in [0.25, 0.3) is 0 Å². The highest BCUT2D eigenvalue weighted by Gasteiger charge is 2.08. The number of hydrogen-bond donors (Lipinski definition) is 1. The Balaban J connectivity index is 2.59. The average Bonchev–Trinajstić information content (AvgIpc) is 2.39. The second-order valence-electron chi connectivity index (χ2n) is 4.59. The molecule has 1 rings (SSSR count). The first-order valence-corrected chi connectivity index (χ1v) is 6.64. The van der Waals surface area contributed by atoms with Gasteiger partial charge in [-0.25, -0.2) is 0 Å². The van der Waals surface area contributed by atoms with Gasteiger partial charge in [-0.2, -0.15) is 0 Å². The Morgan fingerprint density at radius 1 is 0.944 bits per heavy atom. The van der Waals surface area contributed by atoms with Crippen LogP contribution in [-0.2, 0) is 6.42 Å². The Hall–Kier alpha value is -1.22. The van der Waals surface area contributed by atoms with Gasteiger partial charge in [-0.1, -0.05) is 12.8 Å². The van der Waals surface area contributed by atoms with Crippen LogP contribution in [-0.4, -0.2) is 20.8 Å². The molecule has 0 aliphatic rings. The Morgan fingerprint density at radius 3 is 2.17 bits per heavy atom. The van der Waals surface area contributed by atoms with E-state index in [4.69, 9.17) is 15.2 Å². The number of methoxy groups -OCH3 is 2. The highest BCUT2D eigenvalue weighted by molar-refractivity contribution is 5.47. The Labute approximate surface area is 110 Å². The Morgan fingerprint density at radius 2 is 1.56 bits per heavy atom. The first-order valence-electron chi connectivity index (χ1n) is 6.64. The minimum Gasteiger partial charge on any atom is -0.493 e. The third-order valence-corrected chi connectivity index (χ3v) is 3.24. The van der Waals surface area contributed by atoms with Crippen LogP contribution < -0.4 is 15.2 Å². The summed E-state index contributed by atoms with van der Waals surface area (Å²) < 4.78 is 10.6. The lowest BCUT2D eigenvalue weighted by Crippen LogP contribution is -1.98. The second-order valence-corrected chi connectivity index (χ2v) is 4.59. The number of benzene rings is 1. The van der Waals surface area contributed by atoms with Gasteiger partial charge in [0.05, 0.1) is 14.2 Å². The molecule has 0 aliphatic heterocycles. The van der Waals surface area contributed by atoms with Crippen LogP contribution in [0.1, 0.15) is 36.8 Å². The standard InChI is InChI=1S/C15H25NO2/c1-12-10-14(17-2)15(18-3)11-13(12)8-6-4-5-7-9-16/h10-11H,4-9,16H2,1-3H3. The van der Waals surface area contributed by atoms with Crippen LogP contribution in [0.3, 0.4) is 0 Å². The molecule has 0 saturated carbocycles. The van der Waals surface area contributed by atoms with E-state index in [-0.39, 0.29) is 0 Å². The van der Waals surface area contributed by atoms with Gasteiger partial charge >= 0.3 is 0 Å². The highest BCUT2D eigenvalue weighted by atomic mass is 16.5. The quantitative estimate of drug-likeness (QED) is 0.722. The summed E-state index contributed by atoms with van der Waals surface area (Å²) in [6.45, 7) is 2.92. The minimum atomic E-state index is 0.801. The first-order chi connectivity index (χ1) is 8.72. The second kappa shape index (κ2) is 7.98. The zero-order valence-electron chi connectivity index (χ0n) is 11.8. The molecule has 0 saturated heterocycles. The third kappa shape index (κ3) is 4.22. The number of aryl methyl sites for hydroxylation is 2. The summed E-state index contributed by atoms with van der Waals surface area (Å²) in [6.07, 6.45) is 5.89. The van der Waals surface area contributed by atoms with Crippen LogP contribution in [0.25, 0.3) is 0 Å². The molecule has 0 spiro atoms. The molecule has 0 radical (unpaired) electrons. The third-order valence-electron chi connectivity index (χ3n) is 3.24. The molecule has 0 aliphatic carbocycles. The van der Waals surface area contributed by atoms with Gasteiger partial charge in [-0.15, -0.1) is 0 Å². The molecular formula is C15H25NO2. The van der Waals surface area contributed by atoms with Gasteiger partial charge in [-0.05, 0) is 56.0 Å². The Bertz CT molecular complexity index is 364. The Kier molecular flexibility index (Phi) is 6.58. The van der Waals surface area contributed by atoms with Gasteiger partial charge in [0.1, 0.15) is 0 Å². The van der Waals surface area contributed by atoms with E-state index >= 15 is 0 Å². The number of nitrogens with two attached hydrogens (primary N) is 1. The van der Waals surface area contributed by atoms with Gasteiger partial charge in [0.2, 0.25) is 0 Å². The molecule has 102 valence electrons. The molecular weight excluding hydrogens is 226 g/mol. The van der Waals surface area contributed by atoms with Crippen LogP contribution in [0.4, 0.5) is 0 Å². The largest absolute Gasteiger partial charge is 0.493 e. The van der Waals surface area contributed by atoms with E-state index in [1.807, 2.05) is 6.07 Å². The molecule has 0 fully saturated rings. The molecule has 3 nitrogen and oxygen atoms in total. The molecule has 0 aromatic heterocycles. The fourth-order valence-corrected chi connectivity index (χ4v) is 2.11. The summed E-state index contributed by atoms with van der Waals surface area (Å²) in [4.78, 5) is 0. The van der Waals surface area contributed by atoms with Gasteiger partial charge < -0.3 is 15.2 Å². The van der Waals surface area contributed by atoms with Crippen LogP contribution in [0, 0.1) is 6.92 Å². The van der Waals surface area contributed by atoms with E-state index in [0.29, 0.717) is 0 Å². The smallest absolute Gasteiger partial charge is 0.161 e. The van der Waals surface area contributed by atoms with E-state index < -0.39 is 0 Å². The molecule has 1 aromatic carbocycles. The van der Waals surface area contributed by atoms with Crippen molar-refractivity contribution in [2.75, 3.05) is 20.8 Å². The summed E-state index contributed by atoms with van der Waals surface area (Å²) in [7, 11) is 3.35. The lowest BCUT2D eigenvalue weighted by atomic mass is 10.0. The van der Waals surface area contributed by atoms with E-state index in [1.54, 1.807) is 14.2 Å². The van der Waals surface area contributed by atoms with Crippen molar-refractivity contribution in [3.05, 3.63) is 23.3 Å². The van der Waals surface area contributed by atoms with Crippen LogP contribution in [0.5, 0.6) is 11.5 Å². The fourth-order valence-electron chi connectivity index (χ4n) is 2.11. The number of ether oxygens (including phenoxy) is 2. The van der Waals surface area contributed by atoms with Crippen LogP contribution >= 0.6 is 0 Å². The summed E-state index contributed by atoms with van der Waals surface area (Å²) in [5.41, 5.74) is 8.10. The van der Waals surface area contributed by atoms with E-state index in [9.17, 15) is 0 Å². The average molecular weight is 251 g/mol. The zero-order valence-corrected chi connectivity index (χ0v) is 11.8. The van der Waals surface area contributed by atoms with E-state index in [0.717, 1.165) is 30.9 Å². The van der Waals surface area contributed by atoms with E-state index in [2.05, 4.69) is 13.0 Å². The number of hydrogen-bond acceptors (Lipinski definition) is 3. The van der Waals surface area contributed by atoms with Crippen molar-refractivity contribution < 1.29 is 9.47 Å². The summed E-state index contributed by atoms with van der Waals surface area (Å²) in [5.74, 6) is 1.63. The molecule has 0 bridgehead atoms. The molecule has 2 N–H and O–H groups in total. The molecule has 18 heavy (non-hydrogen) atoms. The molecule has 0 unspecified atom stereocenters. The number of unbranched alkanes of at least 4 members (excludes halogenated alkanes) is 3. The molecule has 0 heterocycles. The van der Waals surface area contributed by atoms with Gasteiger partial charge in [0, 0.05) is 0 Å². The molecule has 0 amide bonds. The highest BCUT2D eigenvalue weighted by Crippen LogP contribution is 2.30. The van der Waals surface area contributed by atoms with Crippen LogP contribution in [0.2, 0.25) is 0 Å². The van der Waals surface area contributed by atoms with Crippen molar-refractivity contribution in [2.24, 2.45) is 5.73 Å². The maximum atomic E-state index is 5.49. The predicted molar refractivity (Wildman–Crippen MR) is 75.5 cm³/mol. The van der Waals surface area contributed by atoms with Crippen molar-refractivity contribution in [1.29, 1.82) is 0 Å². The van der Waals surface area contributed by atoms with Crippen molar-refractivity contribution in [2.45, 2.75) is 39.0 Å². The predicted octanol–water partition coefficient (Wildman–Crippen LogP) is 3.07. The summed E-state index contributed by atoms with van der Waals surface area (Å²) in [5, 5.41) is 0. The normalized spacial score (nSPS) is 10.4. The topological polar surface area (TPSA) is 44.5 Å².